The van der Waals surface area contributed by atoms with E-state index in [0.29, 0.717) is 0 Å². The van der Waals surface area contributed by atoms with Crippen LogP contribution < -0.4 is 10.6 Å². The predicted octanol–water partition coefficient (Wildman–Crippen LogP) is 0.631. The normalized spacial score (nSPS) is 19.3. The fourth-order valence-corrected chi connectivity index (χ4v) is 1.85. The lowest BCUT2D eigenvalue weighted by atomic mass is 9.94. The number of hydrogen-bond acceptors (Lipinski definition) is 4. The van der Waals surface area contributed by atoms with Gasteiger partial charge >= 0.3 is 0 Å². The second-order valence-electron chi connectivity index (χ2n) is 4.42. The number of aryl methyl sites for hydroxylation is 2. The third-order valence-corrected chi connectivity index (χ3v) is 2.38. The van der Waals surface area contributed by atoms with Crippen LogP contribution in [0.4, 0.5) is 5.82 Å². The summed E-state index contributed by atoms with van der Waals surface area (Å²) in [7, 11) is 0. The van der Waals surface area contributed by atoms with Crippen LogP contribution >= 0.6 is 0 Å². The van der Waals surface area contributed by atoms with Crippen LogP contribution in [0, 0.1) is 13.8 Å². The molecule has 1 aromatic heterocycles. The Bertz CT molecular complexity index is 331. The van der Waals surface area contributed by atoms with Gasteiger partial charge in [0.05, 0.1) is 0 Å². The van der Waals surface area contributed by atoms with Gasteiger partial charge in [0.1, 0.15) is 11.6 Å². The molecule has 76 valence electrons. The van der Waals surface area contributed by atoms with Crippen molar-refractivity contribution in [2.24, 2.45) is 5.73 Å². The number of nitrogens with zero attached hydrogens (tertiary/aromatic N) is 3. The average molecular weight is 192 g/mol. The average Bonchev–Trinajstić information content (AvgIpc) is 1.97. The Balaban J connectivity index is 2.18. The third-order valence-electron chi connectivity index (χ3n) is 2.38. The molecule has 0 unspecified atom stereocenters. The topological polar surface area (TPSA) is 55.0 Å². The molecule has 0 spiro atoms. The molecule has 1 saturated heterocycles. The van der Waals surface area contributed by atoms with Gasteiger partial charge in [0.15, 0.2) is 0 Å². The third kappa shape index (κ3) is 1.70. The monoisotopic (exact) mass is 192 g/mol. The standard InChI is InChI=1S/C10H16N4/c1-7-4-9(13-8(2)12-7)14-5-10(3,11)6-14/h4H,5-6,11H2,1-3H3. The smallest absolute Gasteiger partial charge is 0.132 e. The van der Waals surface area contributed by atoms with Crippen LogP contribution in [0.15, 0.2) is 6.07 Å². The quantitative estimate of drug-likeness (QED) is 0.709. The molecule has 2 N–H and O–H groups in total. The largest absolute Gasteiger partial charge is 0.353 e. The number of nitrogens with two attached hydrogens (primary N) is 1. The number of anilines is 1. The van der Waals surface area contributed by atoms with Gasteiger partial charge in [-0.15, -0.1) is 0 Å². The first-order valence-corrected chi connectivity index (χ1v) is 4.82. The van der Waals surface area contributed by atoms with Crippen molar-refractivity contribution in [3.63, 3.8) is 0 Å². The second-order valence-corrected chi connectivity index (χ2v) is 4.42. The lowest BCUT2D eigenvalue weighted by Gasteiger charge is -2.46. The van der Waals surface area contributed by atoms with Crippen molar-refractivity contribution in [3.8, 4) is 0 Å². The maximum Gasteiger partial charge on any atom is 0.132 e. The molecule has 0 atom stereocenters. The van der Waals surface area contributed by atoms with Crippen LogP contribution in [-0.2, 0) is 0 Å². The molecule has 0 aliphatic carbocycles. The van der Waals surface area contributed by atoms with Crippen LogP contribution in [0.1, 0.15) is 18.4 Å². The summed E-state index contributed by atoms with van der Waals surface area (Å²) < 4.78 is 0. The van der Waals surface area contributed by atoms with Crippen molar-refractivity contribution in [1.29, 1.82) is 0 Å². The fraction of sp³-hybridized carbons (Fsp3) is 0.600. The van der Waals surface area contributed by atoms with Crippen LogP contribution in [-0.4, -0.2) is 28.6 Å². The van der Waals surface area contributed by atoms with E-state index in [4.69, 9.17) is 5.73 Å². The van der Waals surface area contributed by atoms with Gasteiger partial charge in [0.25, 0.3) is 0 Å². The first-order chi connectivity index (χ1) is 6.46. The van der Waals surface area contributed by atoms with Gasteiger partial charge in [0.2, 0.25) is 0 Å². The molecular formula is C10H16N4. The van der Waals surface area contributed by atoms with Crippen molar-refractivity contribution >= 4 is 5.82 Å². The van der Waals surface area contributed by atoms with E-state index in [1.807, 2.05) is 19.9 Å². The van der Waals surface area contributed by atoms with Crippen molar-refractivity contribution in [2.45, 2.75) is 26.3 Å². The Morgan fingerprint density at radius 1 is 1.36 bits per heavy atom. The second kappa shape index (κ2) is 2.92. The molecule has 1 aliphatic rings. The van der Waals surface area contributed by atoms with Crippen molar-refractivity contribution in [2.75, 3.05) is 18.0 Å². The lowest BCUT2D eigenvalue weighted by Crippen LogP contribution is -2.65. The molecule has 4 nitrogen and oxygen atoms in total. The Labute approximate surface area is 84.2 Å². The summed E-state index contributed by atoms with van der Waals surface area (Å²) >= 11 is 0. The van der Waals surface area contributed by atoms with E-state index in [0.717, 1.165) is 30.4 Å². The summed E-state index contributed by atoms with van der Waals surface area (Å²) in [4.78, 5) is 10.8. The van der Waals surface area contributed by atoms with Gasteiger partial charge in [-0.05, 0) is 20.8 Å². The molecule has 1 aliphatic heterocycles. The maximum absolute atomic E-state index is 5.94. The zero-order chi connectivity index (χ0) is 10.3. The highest BCUT2D eigenvalue weighted by Crippen LogP contribution is 2.24. The van der Waals surface area contributed by atoms with E-state index >= 15 is 0 Å². The van der Waals surface area contributed by atoms with Crippen LogP contribution in [0.2, 0.25) is 0 Å². The lowest BCUT2D eigenvalue weighted by molar-refractivity contribution is 0.362. The van der Waals surface area contributed by atoms with Gasteiger partial charge in [-0.25, -0.2) is 9.97 Å². The zero-order valence-corrected chi connectivity index (χ0v) is 8.91. The van der Waals surface area contributed by atoms with E-state index in [1.54, 1.807) is 0 Å². The summed E-state index contributed by atoms with van der Waals surface area (Å²) in [5.41, 5.74) is 6.90. The van der Waals surface area contributed by atoms with Crippen molar-refractivity contribution in [3.05, 3.63) is 17.6 Å². The Kier molecular flexibility index (Phi) is 1.96. The summed E-state index contributed by atoms with van der Waals surface area (Å²) in [5.74, 6) is 1.82. The summed E-state index contributed by atoms with van der Waals surface area (Å²) in [6.07, 6.45) is 0. The molecule has 2 rings (SSSR count). The zero-order valence-electron chi connectivity index (χ0n) is 8.91. The number of aromatic nitrogens is 2. The highest BCUT2D eigenvalue weighted by atomic mass is 15.3. The van der Waals surface area contributed by atoms with Crippen LogP contribution in [0.3, 0.4) is 0 Å². The van der Waals surface area contributed by atoms with Crippen LogP contribution in [0.5, 0.6) is 0 Å². The highest BCUT2D eigenvalue weighted by molar-refractivity contribution is 5.45. The van der Waals surface area contributed by atoms with E-state index < -0.39 is 0 Å². The van der Waals surface area contributed by atoms with Gasteiger partial charge < -0.3 is 10.6 Å². The molecule has 1 aromatic rings. The van der Waals surface area contributed by atoms with Crippen LogP contribution in [0.25, 0.3) is 0 Å². The number of rotatable bonds is 1. The molecule has 4 heteroatoms. The first kappa shape index (κ1) is 9.40. The summed E-state index contributed by atoms with van der Waals surface area (Å²) in [6.45, 7) is 7.72. The molecule has 0 radical (unpaired) electrons. The van der Waals surface area contributed by atoms with E-state index in [2.05, 4.69) is 21.8 Å². The first-order valence-electron chi connectivity index (χ1n) is 4.82. The number of hydrogen-bond donors (Lipinski definition) is 1. The molecule has 0 saturated carbocycles. The predicted molar refractivity (Wildman–Crippen MR) is 56.3 cm³/mol. The molecular weight excluding hydrogens is 176 g/mol. The highest BCUT2D eigenvalue weighted by Gasteiger charge is 2.35. The minimum absolute atomic E-state index is 0.0488. The molecule has 0 bridgehead atoms. The molecule has 1 fully saturated rings. The van der Waals surface area contributed by atoms with E-state index in [-0.39, 0.29) is 5.54 Å². The van der Waals surface area contributed by atoms with E-state index in [1.165, 1.54) is 0 Å². The summed E-state index contributed by atoms with van der Waals surface area (Å²) in [5, 5.41) is 0. The fourth-order valence-electron chi connectivity index (χ4n) is 1.85. The minimum atomic E-state index is -0.0488. The molecule has 0 amide bonds. The van der Waals surface area contributed by atoms with Crippen molar-refractivity contribution < 1.29 is 0 Å². The van der Waals surface area contributed by atoms with E-state index in [9.17, 15) is 0 Å². The molecule has 14 heavy (non-hydrogen) atoms. The maximum atomic E-state index is 5.94. The summed E-state index contributed by atoms with van der Waals surface area (Å²) in [6, 6.07) is 2.00. The SMILES string of the molecule is Cc1cc(N2CC(C)(N)C2)nc(C)n1. The van der Waals surface area contributed by atoms with Gasteiger partial charge in [0, 0.05) is 30.4 Å². The van der Waals surface area contributed by atoms with Gasteiger partial charge in [-0.3, -0.25) is 0 Å². The Morgan fingerprint density at radius 3 is 2.50 bits per heavy atom. The molecule has 2 heterocycles. The van der Waals surface area contributed by atoms with Gasteiger partial charge in [-0.2, -0.15) is 0 Å². The van der Waals surface area contributed by atoms with Gasteiger partial charge in [-0.1, -0.05) is 0 Å². The minimum Gasteiger partial charge on any atom is -0.353 e. The van der Waals surface area contributed by atoms with Crippen molar-refractivity contribution in [1.82, 2.24) is 9.97 Å². The molecule has 0 aromatic carbocycles. The Hall–Kier alpha value is -1.16. The Morgan fingerprint density at radius 2 is 2.00 bits per heavy atom.